The molecule has 0 bridgehead atoms. The van der Waals surface area contributed by atoms with Crippen molar-refractivity contribution >= 4 is 21.8 Å². The molecule has 1 amide bonds. The molecule has 0 radical (unpaired) electrons. The van der Waals surface area contributed by atoms with Gasteiger partial charge in [-0.15, -0.1) is 0 Å². The number of rotatable bonds is 7. The van der Waals surface area contributed by atoms with Crippen molar-refractivity contribution in [3.8, 4) is 0 Å². The van der Waals surface area contributed by atoms with Crippen molar-refractivity contribution in [2.75, 3.05) is 33.9 Å². The maximum Gasteiger partial charge on any atom is 0.236 e. The summed E-state index contributed by atoms with van der Waals surface area (Å²) < 4.78 is 5.93. The van der Waals surface area contributed by atoms with Crippen LogP contribution in [0.1, 0.15) is 5.56 Å². The number of methoxy groups -OCH3 is 1. The van der Waals surface area contributed by atoms with Crippen molar-refractivity contribution in [3.05, 3.63) is 34.3 Å². The van der Waals surface area contributed by atoms with Crippen molar-refractivity contribution < 1.29 is 9.53 Å². The number of benzene rings is 1. The molecule has 0 saturated carbocycles. The molecule has 18 heavy (non-hydrogen) atoms. The summed E-state index contributed by atoms with van der Waals surface area (Å²) in [6, 6.07) is 7.91. The van der Waals surface area contributed by atoms with Crippen LogP contribution in [0.25, 0.3) is 0 Å². The van der Waals surface area contributed by atoms with E-state index in [-0.39, 0.29) is 5.91 Å². The topological polar surface area (TPSA) is 41.6 Å². The van der Waals surface area contributed by atoms with E-state index in [0.717, 1.165) is 10.0 Å². The van der Waals surface area contributed by atoms with Gasteiger partial charge in [-0.3, -0.25) is 4.79 Å². The smallest absolute Gasteiger partial charge is 0.236 e. The average Bonchev–Trinajstić information content (AvgIpc) is 2.37. The van der Waals surface area contributed by atoms with E-state index >= 15 is 0 Å². The first-order chi connectivity index (χ1) is 8.65. The predicted molar refractivity (Wildman–Crippen MR) is 75.4 cm³/mol. The third kappa shape index (κ3) is 5.16. The van der Waals surface area contributed by atoms with Crippen LogP contribution in [-0.2, 0) is 16.1 Å². The van der Waals surface area contributed by atoms with Crippen LogP contribution in [0.4, 0.5) is 0 Å². The molecule has 0 unspecified atom stereocenters. The van der Waals surface area contributed by atoms with Crippen molar-refractivity contribution in [1.82, 2.24) is 10.2 Å². The number of hydrogen-bond donors (Lipinski definition) is 1. The third-order valence-electron chi connectivity index (χ3n) is 2.55. The first kappa shape index (κ1) is 15.1. The summed E-state index contributed by atoms with van der Waals surface area (Å²) >= 11 is 3.48. The van der Waals surface area contributed by atoms with Gasteiger partial charge in [0.05, 0.1) is 13.2 Å². The Balaban J connectivity index is 2.38. The summed E-state index contributed by atoms with van der Waals surface area (Å²) in [4.78, 5) is 13.5. The molecule has 0 fully saturated rings. The largest absolute Gasteiger partial charge is 0.383 e. The van der Waals surface area contributed by atoms with Crippen LogP contribution in [0.3, 0.4) is 0 Å². The first-order valence-corrected chi connectivity index (χ1v) is 6.61. The number of carbonyl (C=O) groups excluding carboxylic acids is 1. The zero-order chi connectivity index (χ0) is 13.4. The minimum Gasteiger partial charge on any atom is -0.383 e. The van der Waals surface area contributed by atoms with E-state index in [1.54, 1.807) is 19.1 Å². The lowest BCUT2D eigenvalue weighted by molar-refractivity contribution is -0.129. The summed E-state index contributed by atoms with van der Waals surface area (Å²) in [7, 11) is 3.45. The number of halogens is 1. The van der Waals surface area contributed by atoms with Crippen LogP contribution in [-0.4, -0.2) is 44.7 Å². The van der Waals surface area contributed by atoms with Gasteiger partial charge in [0, 0.05) is 31.7 Å². The number of ether oxygens (including phenoxy) is 1. The second-order valence-corrected chi connectivity index (χ2v) is 4.87. The van der Waals surface area contributed by atoms with Gasteiger partial charge in [-0.2, -0.15) is 0 Å². The van der Waals surface area contributed by atoms with Gasteiger partial charge in [-0.25, -0.2) is 0 Å². The van der Waals surface area contributed by atoms with Gasteiger partial charge in [0.25, 0.3) is 0 Å². The Kier molecular flexibility index (Phi) is 6.93. The first-order valence-electron chi connectivity index (χ1n) is 5.82. The molecule has 0 aliphatic rings. The van der Waals surface area contributed by atoms with Crippen LogP contribution in [0.2, 0.25) is 0 Å². The SMILES string of the molecule is COCCNCC(=O)N(C)Cc1ccccc1Br. The monoisotopic (exact) mass is 314 g/mol. The predicted octanol–water partition coefficient (Wildman–Crippen LogP) is 1.64. The van der Waals surface area contributed by atoms with Crippen LogP contribution >= 0.6 is 15.9 Å². The Bertz CT molecular complexity index is 385. The Morgan fingerprint density at radius 1 is 1.44 bits per heavy atom. The van der Waals surface area contributed by atoms with Crippen LogP contribution < -0.4 is 5.32 Å². The minimum absolute atomic E-state index is 0.0712. The van der Waals surface area contributed by atoms with Gasteiger partial charge in [-0.05, 0) is 11.6 Å². The van der Waals surface area contributed by atoms with Crippen LogP contribution in [0, 0.1) is 0 Å². The summed E-state index contributed by atoms with van der Waals surface area (Å²) in [6.45, 7) is 2.24. The zero-order valence-corrected chi connectivity index (χ0v) is 12.4. The molecule has 0 aliphatic carbocycles. The number of amides is 1. The number of hydrogen-bond acceptors (Lipinski definition) is 3. The quantitative estimate of drug-likeness (QED) is 0.778. The molecule has 0 saturated heterocycles. The zero-order valence-electron chi connectivity index (χ0n) is 10.8. The van der Waals surface area contributed by atoms with Crippen molar-refractivity contribution in [2.24, 2.45) is 0 Å². The van der Waals surface area contributed by atoms with Gasteiger partial charge >= 0.3 is 0 Å². The highest BCUT2D eigenvalue weighted by atomic mass is 79.9. The lowest BCUT2D eigenvalue weighted by Gasteiger charge is -2.18. The molecule has 0 spiro atoms. The third-order valence-corrected chi connectivity index (χ3v) is 3.32. The lowest BCUT2D eigenvalue weighted by Crippen LogP contribution is -2.36. The van der Waals surface area contributed by atoms with Crippen LogP contribution in [0.15, 0.2) is 28.7 Å². The molecular formula is C13H19BrN2O2. The highest BCUT2D eigenvalue weighted by molar-refractivity contribution is 9.10. The Morgan fingerprint density at radius 3 is 2.83 bits per heavy atom. The van der Waals surface area contributed by atoms with E-state index in [9.17, 15) is 4.79 Å². The second kappa shape index (κ2) is 8.24. The lowest BCUT2D eigenvalue weighted by atomic mass is 10.2. The molecule has 5 heteroatoms. The molecule has 0 aliphatic heterocycles. The molecule has 0 heterocycles. The van der Waals surface area contributed by atoms with Gasteiger partial charge in [0.1, 0.15) is 0 Å². The molecule has 1 rings (SSSR count). The number of nitrogens with one attached hydrogen (secondary N) is 1. The number of carbonyl (C=O) groups is 1. The van der Waals surface area contributed by atoms with E-state index in [1.807, 2.05) is 24.3 Å². The van der Waals surface area contributed by atoms with E-state index < -0.39 is 0 Å². The van der Waals surface area contributed by atoms with Crippen molar-refractivity contribution in [2.45, 2.75) is 6.54 Å². The highest BCUT2D eigenvalue weighted by Crippen LogP contribution is 2.17. The molecule has 100 valence electrons. The molecule has 4 nitrogen and oxygen atoms in total. The highest BCUT2D eigenvalue weighted by Gasteiger charge is 2.09. The molecule has 0 atom stereocenters. The molecule has 1 N–H and O–H groups in total. The summed E-state index contributed by atoms with van der Waals surface area (Å²) in [6.07, 6.45) is 0. The van der Waals surface area contributed by atoms with E-state index in [4.69, 9.17) is 4.74 Å². The minimum atomic E-state index is 0.0712. The number of likely N-dealkylation sites (N-methyl/N-ethyl adjacent to an activating group) is 1. The Morgan fingerprint density at radius 2 is 2.17 bits per heavy atom. The van der Waals surface area contributed by atoms with E-state index in [0.29, 0.717) is 26.2 Å². The van der Waals surface area contributed by atoms with E-state index in [1.165, 1.54) is 0 Å². The molecular weight excluding hydrogens is 296 g/mol. The van der Waals surface area contributed by atoms with E-state index in [2.05, 4.69) is 21.2 Å². The second-order valence-electron chi connectivity index (χ2n) is 4.01. The van der Waals surface area contributed by atoms with Gasteiger partial charge < -0.3 is 15.0 Å². The van der Waals surface area contributed by atoms with Gasteiger partial charge in [-0.1, -0.05) is 34.1 Å². The van der Waals surface area contributed by atoms with Crippen molar-refractivity contribution in [3.63, 3.8) is 0 Å². The van der Waals surface area contributed by atoms with Crippen molar-refractivity contribution in [1.29, 1.82) is 0 Å². The standard InChI is InChI=1S/C13H19BrN2O2/c1-16(13(17)9-15-7-8-18-2)10-11-5-3-4-6-12(11)14/h3-6,15H,7-10H2,1-2H3. The molecule has 1 aromatic carbocycles. The summed E-state index contributed by atoms with van der Waals surface area (Å²) in [5.41, 5.74) is 1.10. The fourth-order valence-electron chi connectivity index (χ4n) is 1.47. The summed E-state index contributed by atoms with van der Waals surface area (Å²) in [5.74, 6) is 0.0712. The van der Waals surface area contributed by atoms with Crippen LogP contribution in [0.5, 0.6) is 0 Å². The maximum absolute atomic E-state index is 11.8. The van der Waals surface area contributed by atoms with Gasteiger partial charge in [0.15, 0.2) is 0 Å². The fourth-order valence-corrected chi connectivity index (χ4v) is 1.88. The molecule has 0 aromatic heterocycles. The molecule has 1 aromatic rings. The summed E-state index contributed by atoms with van der Waals surface area (Å²) in [5, 5.41) is 3.04. The Labute approximate surface area is 116 Å². The van der Waals surface area contributed by atoms with Gasteiger partial charge in [0.2, 0.25) is 5.91 Å². The fraction of sp³-hybridized carbons (Fsp3) is 0.462. The number of nitrogens with zero attached hydrogens (tertiary/aromatic N) is 1. The Hall–Kier alpha value is -0.910. The normalized spacial score (nSPS) is 10.4. The maximum atomic E-state index is 11.8. The average molecular weight is 315 g/mol.